The summed E-state index contributed by atoms with van der Waals surface area (Å²) in [5, 5.41) is 0.240. The Bertz CT molecular complexity index is 269. The van der Waals surface area contributed by atoms with Crippen LogP contribution in [0.3, 0.4) is 0 Å². The fourth-order valence-corrected chi connectivity index (χ4v) is 2.45. The van der Waals surface area contributed by atoms with Crippen LogP contribution in [0.15, 0.2) is 0 Å². The van der Waals surface area contributed by atoms with E-state index < -0.39 is 8.32 Å². The first kappa shape index (κ1) is 17.6. The van der Waals surface area contributed by atoms with Gasteiger partial charge in [0.25, 0.3) is 0 Å². The first-order chi connectivity index (χ1) is 8.03. The topological polar surface area (TPSA) is 35.5 Å². The number of rotatable bonds is 6. The molecule has 0 rings (SSSR count). The molecule has 1 unspecified atom stereocenters. The minimum Gasteiger partial charge on any atom is -0.469 e. The van der Waals surface area contributed by atoms with Gasteiger partial charge < -0.3 is 9.16 Å². The number of hydrogen-bond donors (Lipinski definition) is 0. The lowest BCUT2D eigenvalue weighted by Crippen LogP contribution is -2.41. The molecule has 0 aromatic heterocycles. The van der Waals surface area contributed by atoms with Crippen LogP contribution in [0.5, 0.6) is 0 Å². The Labute approximate surface area is 113 Å². The van der Waals surface area contributed by atoms with Crippen molar-refractivity contribution in [3.05, 3.63) is 0 Å². The molecule has 4 heteroatoms. The van der Waals surface area contributed by atoms with Gasteiger partial charge in [-0.3, -0.25) is 4.79 Å². The first-order valence-electron chi connectivity index (χ1n) is 6.74. The summed E-state index contributed by atoms with van der Waals surface area (Å²) in [4.78, 5) is 11.4. The molecule has 0 fully saturated rings. The summed E-state index contributed by atoms with van der Waals surface area (Å²) >= 11 is 0. The van der Waals surface area contributed by atoms with Crippen molar-refractivity contribution in [1.29, 1.82) is 0 Å². The number of ether oxygens (including phenoxy) is 1. The van der Waals surface area contributed by atoms with Crippen molar-refractivity contribution in [1.82, 2.24) is 0 Å². The molecule has 0 amide bonds. The summed E-state index contributed by atoms with van der Waals surface area (Å²) in [5.41, 5.74) is 0. The molecule has 0 saturated heterocycles. The van der Waals surface area contributed by atoms with E-state index in [0.29, 0.717) is 5.92 Å². The summed E-state index contributed by atoms with van der Waals surface area (Å²) < 4.78 is 10.9. The fourth-order valence-electron chi connectivity index (χ4n) is 1.38. The molecule has 0 radical (unpaired) electrons. The molecule has 0 saturated carbocycles. The van der Waals surface area contributed by atoms with Crippen LogP contribution in [-0.4, -0.2) is 28.0 Å². The largest absolute Gasteiger partial charge is 0.469 e. The number of hydrogen-bond acceptors (Lipinski definition) is 3. The fraction of sp³-hybridized carbons (Fsp3) is 0.929. The van der Waals surface area contributed by atoms with Crippen molar-refractivity contribution < 1.29 is 14.0 Å². The van der Waals surface area contributed by atoms with E-state index in [4.69, 9.17) is 9.16 Å². The smallest absolute Gasteiger partial charge is 0.308 e. The Morgan fingerprint density at radius 2 is 1.72 bits per heavy atom. The van der Waals surface area contributed by atoms with Crippen molar-refractivity contribution in [3.63, 3.8) is 0 Å². The maximum absolute atomic E-state index is 11.4. The second-order valence-corrected chi connectivity index (χ2v) is 11.5. The molecule has 0 aliphatic heterocycles. The summed E-state index contributed by atoms with van der Waals surface area (Å²) in [6.45, 7) is 15.9. The Morgan fingerprint density at radius 1 is 1.22 bits per heavy atom. The van der Waals surface area contributed by atoms with Crippen LogP contribution in [-0.2, 0) is 14.0 Å². The highest BCUT2D eigenvalue weighted by Crippen LogP contribution is 2.36. The van der Waals surface area contributed by atoms with E-state index in [1.807, 2.05) is 6.92 Å². The molecule has 0 heterocycles. The van der Waals surface area contributed by atoms with Crippen LogP contribution < -0.4 is 0 Å². The number of methoxy groups -OCH3 is 1. The Morgan fingerprint density at radius 3 is 2.11 bits per heavy atom. The summed E-state index contributed by atoms with van der Waals surface area (Å²) in [7, 11) is -0.216. The van der Waals surface area contributed by atoms with E-state index in [1.54, 1.807) is 0 Å². The predicted octanol–water partition coefficient (Wildman–Crippen LogP) is 3.84. The Hall–Kier alpha value is -0.353. The number of carbonyl (C=O) groups excluding carboxylic acids is 1. The standard InChI is InChI=1S/C14H30O3Si/c1-11(12(2)13(15)16-6)9-10-17-18(7,8)14(3,4)5/h11-12H,9-10H2,1-8H3/t11-,12?/m1/s1. The molecule has 0 aliphatic rings. The Balaban J connectivity index is 4.17. The molecule has 0 spiro atoms. The van der Waals surface area contributed by atoms with E-state index in [1.165, 1.54) is 7.11 Å². The molecule has 0 aliphatic carbocycles. The lowest BCUT2D eigenvalue weighted by molar-refractivity contribution is -0.146. The van der Waals surface area contributed by atoms with Crippen LogP contribution in [0.25, 0.3) is 0 Å². The van der Waals surface area contributed by atoms with Crippen LogP contribution >= 0.6 is 0 Å². The zero-order valence-corrected chi connectivity index (χ0v) is 14.3. The van der Waals surface area contributed by atoms with Crippen molar-refractivity contribution in [2.24, 2.45) is 11.8 Å². The molecular formula is C14H30O3Si. The lowest BCUT2D eigenvalue weighted by atomic mass is 9.93. The molecule has 18 heavy (non-hydrogen) atoms. The zero-order chi connectivity index (χ0) is 14.6. The van der Waals surface area contributed by atoms with Crippen LogP contribution in [0, 0.1) is 11.8 Å². The highest BCUT2D eigenvalue weighted by molar-refractivity contribution is 6.74. The van der Waals surface area contributed by atoms with Gasteiger partial charge in [0.2, 0.25) is 0 Å². The molecule has 0 aromatic rings. The quantitative estimate of drug-likeness (QED) is 0.545. The predicted molar refractivity (Wildman–Crippen MR) is 78.1 cm³/mol. The van der Waals surface area contributed by atoms with Crippen LogP contribution in [0.2, 0.25) is 18.1 Å². The van der Waals surface area contributed by atoms with E-state index >= 15 is 0 Å². The third-order valence-electron chi connectivity index (χ3n) is 4.27. The molecule has 2 atom stereocenters. The molecule has 3 nitrogen and oxygen atoms in total. The molecule has 108 valence electrons. The van der Waals surface area contributed by atoms with Gasteiger partial charge in [0.1, 0.15) is 0 Å². The van der Waals surface area contributed by atoms with Gasteiger partial charge >= 0.3 is 5.97 Å². The second-order valence-electron chi connectivity index (χ2n) is 6.69. The summed E-state index contributed by atoms with van der Waals surface area (Å²) in [6.07, 6.45) is 0.906. The number of esters is 1. The van der Waals surface area contributed by atoms with E-state index in [-0.39, 0.29) is 16.9 Å². The van der Waals surface area contributed by atoms with Gasteiger partial charge in [-0.15, -0.1) is 0 Å². The van der Waals surface area contributed by atoms with Gasteiger partial charge in [0.15, 0.2) is 8.32 Å². The molecule has 0 bridgehead atoms. The summed E-state index contributed by atoms with van der Waals surface area (Å²) in [5.74, 6) is 0.107. The molecule has 0 N–H and O–H groups in total. The third-order valence-corrected chi connectivity index (χ3v) is 8.81. The Kier molecular flexibility index (Phi) is 6.58. The monoisotopic (exact) mass is 274 g/mol. The van der Waals surface area contributed by atoms with Crippen LogP contribution in [0.1, 0.15) is 41.0 Å². The lowest BCUT2D eigenvalue weighted by Gasteiger charge is -2.36. The maximum atomic E-state index is 11.4. The van der Waals surface area contributed by atoms with E-state index in [0.717, 1.165) is 13.0 Å². The average molecular weight is 274 g/mol. The maximum Gasteiger partial charge on any atom is 0.308 e. The minimum absolute atomic E-state index is 0.0574. The molecule has 0 aromatic carbocycles. The van der Waals surface area contributed by atoms with Gasteiger partial charge in [0.05, 0.1) is 13.0 Å². The van der Waals surface area contributed by atoms with Gasteiger partial charge in [-0.05, 0) is 30.5 Å². The van der Waals surface area contributed by atoms with E-state index in [9.17, 15) is 4.79 Å². The first-order valence-corrected chi connectivity index (χ1v) is 9.65. The normalized spacial score (nSPS) is 16.2. The summed E-state index contributed by atoms with van der Waals surface area (Å²) in [6, 6.07) is 0. The van der Waals surface area contributed by atoms with Gasteiger partial charge in [-0.25, -0.2) is 0 Å². The van der Waals surface area contributed by atoms with Gasteiger partial charge in [-0.2, -0.15) is 0 Å². The van der Waals surface area contributed by atoms with E-state index in [2.05, 4.69) is 40.8 Å². The van der Waals surface area contributed by atoms with Gasteiger partial charge in [-0.1, -0.05) is 34.6 Å². The minimum atomic E-state index is -1.66. The highest BCUT2D eigenvalue weighted by Gasteiger charge is 2.37. The van der Waals surface area contributed by atoms with Crippen LogP contribution in [0.4, 0.5) is 0 Å². The van der Waals surface area contributed by atoms with Crippen molar-refractivity contribution in [2.75, 3.05) is 13.7 Å². The zero-order valence-electron chi connectivity index (χ0n) is 13.3. The molecular weight excluding hydrogens is 244 g/mol. The average Bonchev–Trinajstić information content (AvgIpc) is 2.24. The van der Waals surface area contributed by atoms with Crippen molar-refractivity contribution in [3.8, 4) is 0 Å². The van der Waals surface area contributed by atoms with Gasteiger partial charge in [0, 0.05) is 6.61 Å². The van der Waals surface area contributed by atoms with Crippen molar-refractivity contribution in [2.45, 2.75) is 59.2 Å². The highest BCUT2D eigenvalue weighted by atomic mass is 28.4. The second kappa shape index (κ2) is 6.71. The SMILES string of the molecule is COC(=O)C(C)[C@H](C)CCO[Si](C)(C)C(C)(C)C. The van der Waals surface area contributed by atoms with Crippen molar-refractivity contribution >= 4 is 14.3 Å². The third kappa shape index (κ3) is 5.10. The number of carbonyl (C=O) groups is 1.